The van der Waals surface area contributed by atoms with Crippen LogP contribution in [0.3, 0.4) is 0 Å². The summed E-state index contributed by atoms with van der Waals surface area (Å²) >= 11 is 0. The Morgan fingerprint density at radius 1 is 0.579 bits per heavy atom. The maximum Gasteiger partial charge on any atom is 0.314 e. The number of nitrogens with one attached hydrogen (secondary N) is 4. The van der Waals surface area contributed by atoms with Crippen LogP contribution in [0.5, 0.6) is 0 Å². The van der Waals surface area contributed by atoms with Crippen molar-refractivity contribution in [3.05, 3.63) is 72.1 Å². The highest BCUT2D eigenvalue weighted by Gasteiger charge is 2.29. The van der Waals surface area contributed by atoms with Gasteiger partial charge in [-0.15, -0.1) is 0 Å². The number of allylic oxidation sites excluding steroid dienone is 4. The van der Waals surface area contributed by atoms with Gasteiger partial charge in [-0.3, -0.25) is 19.2 Å². The Balaban J connectivity index is 1.45. The van der Waals surface area contributed by atoms with Gasteiger partial charge in [-0.1, -0.05) is 52.0 Å². The number of rotatable bonds is 6. The van der Waals surface area contributed by atoms with Gasteiger partial charge in [0.25, 0.3) is 0 Å². The first-order valence-electron chi connectivity index (χ1n) is 12.7. The lowest BCUT2D eigenvalue weighted by molar-refractivity contribution is -0.132. The van der Waals surface area contributed by atoms with Gasteiger partial charge in [0.1, 0.15) is 0 Å². The average Bonchev–Trinajstić information content (AvgIpc) is 2.79. The van der Waals surface area contributed by atoms with Crippen LogP contribution in [0.2, 0.25) is 0 Å². The van der Waals surface area contributed by atoms with Crippen molar-refractivity contribution in [3.8, 4) is 0 Å². The summed E-state index contributed by atoms with van der Waals surface area (Å²) in [5.74, 6) is -1.57. The van der Waals surface area contributed by atoms with E-state index < -0.39 is 11.8 Å². The normalized spacial score (nSPS) is 18.1. The molecule has 8 nitrogen and oxygen atoms in total. The number of para-hydroxylation sites is 4. The zero-order valence-electron chi connectivity index (χ0n) is 22.2. The molecule has 0 saturated heterocycles. The second kappa shape index (κ2) is 10.7. The first kappa shape index (κ1) is 26.9. The minimum absolute atomic E-state index is 0.0499. The van der Waals surface area contributed by atoms with E-state index in [2.05, 4.69) is 21.3 Å². The van der Waals surface area contributed by atoms with Crippen molar-refractivity contribution in [1.29, 1.82) is 0 Å². The molecular formula is C30H34N4O4. The molecule has 0 bridgehead atoms. The van der Waals surface area contributed by atoms with Crippen LogP contribution in [0.15, 0.2) is 72.1 Å². The molecule has 0 aromatic heterocycles. The molecule has 0 spiro atoms. The summed E-state index contributed by atoms with van der Waals surface area (Å²) in [7, 11) is 0. The van der Waals surface area contributed by atoms with Crippen molar-refractivity contribution >= 4 is 46.1 Å². The summed E-state index contributed by atoms with van der Waals surface area (Å²) in [6, 6.07) is 14.1. The Morgan fingerprint density at radius 2 is 0.921 bits per heavy atom. The first-order valence-corrected chi connectivity index (χ1v) is 12.7. The second-order valence-corrected chi connectivity index (χ2v) is 11.6. The molecule has 0 heterocycles. The molecular weight excluding hydrogens is 480 g/mol. The molecule has 2 aliphatic carbocycles. The third-order valence-electron chi connectivity index (χ3n) is 6.46. The van der Waals surface area contributed by atoms with Crippen LogP contribution >= 0.6 is 0 Å². The summed E-state index contributed by atoms with van der Waals surface area (Å²) in [6.45, 7) is 8.14. The number of ketones is 2. The van der Waals surface area contributed by atoms with E-state index in [1.165, 1.54) is 0 Å². The second-order valence-electron chi connectivity index (χ2n) is 11.6. The van der Waals surface area contributed by atoms with Crippen LogP contribution < -0.4 is 21.3 Å². The van der Waals surface area contributed by atoms with Crippen molar-refractivity contribution < 1.29 is 19.2 Å². The van der Waals surface area contributed by atoms with Gasteiger partial charge < -0.3 is 21.3 Å². The van der Waals surface area contributed by atoms with Gasteiger partial charge in [-0.2, -0.15) is 0 Å². The van der Waals surface area contributed by atoms with Gasteiger partial charge in [-0.05, 0) is 47.9 Å². The molecule has 2 aromatic carbocycles. The molecule has 2 amide bonds. The molecule has 4 N–H and O–H groups in total. The summed E-state index contributed by atoms with van der Waals surface area (Å²) in [6.07, 6.45) is 5.53. The lowest BCUT2D eigenvalue weighted by Gasteiger charge is -2.29. The first-order chi connectivity index (χ1) is 17.9. The standard InChI is InChI=1S/C30H34N4O4/c1-29(2)15-19(13-21(35)17-29)31-23-9-5-7-11-25(23)33-27(37)28(38)34-26-12-8-6-10-24(26)32-20-14-22(36)18-30(3,4)16-20/h5-14,31-32H,15-18H2,1-4H3,(H,33,37)(H,34,38). The van der Waals surface area contributed by atoms with E-state index in [4.69, 9.17) is 0 Å². The smallest absolute Gasteiger partial charge is 0.314 e. The Kier molecular flexibility index (Phi) is 7.53. The van der Waals surface area contributed by atoms with Crippen LogP contribution in [0.1, 0.15) is 53.4 Å². The number of benzene rings is 2. The summed E-state index contributed by atoms with van der Waals surface area (Å²) < 4.78 is 0. The Hall–Kier alpha value is -4.20. The Bertz CT molecular complexity index is 1250. The van der Waals surface area contributed by atoms with Gasteiger partial charge in [0.05, 0.1) is 22.7 Å². The fraction of sp³-hybridized carbons (Fsp3) is 0.333. The van der Waals surface area contributed by atoms with Crippen molar-refractivity contribution in [3.63, 3.8) is 0 Å². The van der Waals surface area contributed by atoms with Crippen molar-refractivity contribution in [2.24, 2.45) is 10.8 Å². The Labute approximate surface area is 223 Å². The predicted molar refractivity (Wildman–Crippen MR) is 150 cm³/mol. The van der Waals surface area contributed by atoms with Crippen molar-refractivity contribution in [1.82, 2.24) is 0 Å². The number of anilines is 4. The van der Waals surface area contributed by atoms with Gasteiger partial charge in [0.15, 0.2) is 11.6 Å². The fourth-order valence-electron chi connectivity index (χ4n) is 4.96. The van der Waals surface area contributed by atoms with E-state index in [9.17, 15) is 19.2 Å². The highest BCUT2D eigenvalue weighted by Crippen LogP contribution is 2.36. The highest BCUT2D eigenvalue weighted by molar-refractivity contribution is 6.44. The number of hydrogen-bond acceptors (Lipinski definition) is 6. The summed E-state index contributed by atoms with van der Waals surface area (Å²) in [4.78, 5) is 50.0. The van der Waals surface area contributed by atoms with Gasteiger partial charge >= 0.3 is 11.8 Å². The van der Waals surface area contributed by atoms with Gasteiger partial charge in [0, 0.05) is 36.4 Å². The van der Waals surface area contributed by atoms with Crippen LogP contribution in [-0.4, -0.2) is 23.4 Å². The zero-order chi connectivity index (χ0) is 27.5. The average molecular weight is 515 g/mol. The molecule has 0 atom stereocenters. The number of amides is 2. The molecule has 0 fully saturated rings. The maximum absolute atomic E-state index is 12.8. The van der Waals surface area contributed by atoms with Crippen LogP contribution in [0, 0.1) is 10.8 Å². The largest absolute Gasteiger partial charge is 0.357 e. The third kappa shape index (κ3) is 6.97. The van der Waals surface area contributed by atoms with E-state index >= 15 is 0 Å². The minimum Gasteiger partial charge on any atom is -0.357 e. The van der Waals surface area contributed by atoms with E-state index in [1.807, 2.05) is 39.8 Å². The fourth-order valence-corrected chi connectivity index (χ4v) is 4.96. The van der Waals surface area contributed by atoms with E-state index in [1.54, 1.807) is 48.6 Å². The van der Waals surface area contributed by atoms with Crippen LogP contribution in [-0.2, 0) is 19.2 Å². The summed E-state index contributed by atoms with van der Waals surface area (Å²) in [5, 5.41) is 11.8. The molecule has 0 unspecified atom stereocenters. The van der Waals surface area contributed by atoms with E-state index in [0.29, 0.717) is 48.4 Å². The number of carbonyl (C=O) groups excluding carboxylic acids is 4. The molecule has 0 saturated carbocycles. The van der Waals surface area contributed by atoms with Gasteiger partial charge in [-0.25, -0.2) is 0 Å². The zero-order valence-corrected chi connectivity index (χ0v) is 22.2. The highest BCUT2D eigenvalue weighted by atomic mass is 16.2. The Morgan fingerprint density at radius 3 is 1.26 bits per heavy atom. The van der Waals surface area contributed by atoms with Crippen molar-refractivity contribution in [2.45, 2.75) is 53.4 Å². The number of carbonyl (C=O) groups is 4. The SMILES string of the molecule is CC1(C)CC(=O)C=C(Nc2ccccc2NC(=O)C(=O)Nc2ccccc2NC2=CC(=O)CC(C)(C)C2)C1. The molecule has 38 heavy (non-hydrogen) atoms. The van der Waals surface area contributed by atoms with E-state index in [-0.39, 0.29) is 22.4 Å². The lowest BCUT2D eigenvalue weighted by Crippen LogP contribution is -2.30. The van der Waals surface area contributed by atoms with Gasteiger partial charge in [0.2, 0.25) is 0 Å². The van der Waals surface area contributed by atoms with Crippen molar-refractivity contribution in [2.75, 3.05) is 21.3 Å². The molecule has 2 aromatic rings. The predicted octanol–water partition coefficient (Wildman–Crippen LogP) is 5.63. The summed E-state index contributed by atoms with van der Waals surface area (Å²) in [5.41, 5.74) is 3.21. The molecule has 0 aliphatic heterocycles. The topological polar surface area (TPSA) is 116 Å². The third-order valence-corrected chi connectivity index (χ3v) is 6.46. The molecule has 4 rings (SSSR count). The monoisotopic (exact) mass is 514 g/mol. The van der Waals surface area contributed by atoms with Crippen LogP contribution in [0.4, 0.5) is 22.7 Å². The number of hydrogen-bond donors (Lipinski definition) is 4. The molecule has 0 radical (unpaired) electrons. The maximum atomic E-state index is 12.8. The van der Waals surface area contributed by atoms with Crippen LogP contribution in [0.25, 0.3) is 0 Å². The van der Waals surface area contributed by atoms with E-state index in [0.717, 1.165) is 11.4 Å². The quantitative estimate of drug-likeness (QED) is 0.371. The minimum atomic E-state index is -0.837. The molecule has 2 aliphatic rings. The molecule has 8 heteroatoms. The lowest BCUT2D eigenvalue weighted by atomic mass is 9.79. The molecule has 198 valence electrons.